The molecule has 1 N–H and O–H groups in total. The molecule has 0 atom stereocenters. The number of carbonyl (C=O) groups is 1. The van der Waals surface area contributed by atoms with Gasteiger partial charge in [0, 0.05) is 28.6 Å². The number of hydrogen-bond donors (Lipinski definition) is 1. The first-order valence-corrected chi connectivity index (χ1v) is 8.95. The molecule has 0 aliphatic rings. The standard InChI is InChI=1S/C19H17BrFN3O2/c1-12-5-10-15(11-16(12)20)22-17(25)3-2-4-18-23-19(24-26-18)13-6-8-14(21)9-7-13/h5-11H,2-4H2,1H3,(H,22,25). The molecule has 0 unspecified atom stereocenters. The van der Waals surface area contributed by atoms with Crippen LogP contribution in [-0.4, -0.2) is 16.0 Å². The van der Waals surface area contributed by atoms with Gasteiger partial charge in [-0.15, -0.1) is 0 Å². The highest BCUT2D eigenvalue weighted by atomic mass is 79.9. The normalized spacial score (nSPS) is 10.7. The Balaban J connectivity index is 1.49. The Hall–Kier alpha value is -2.54. The summed E-state index contributed by atoms with van der Waals surface area (Å²) >= 11 is 3.44. The molecule has 3 rings (SSSR count). The number of benzene rings is 2. The molecular formula is C19H17BrFN3O2. The van der Waals surface area contributed by atoms with E-state index in [1.54, 1.807) is 12.1 Å². The third kappa shape index (κ3) is 4.76. The zero-order valence-corrected chi connectivity index (χ0v) is 15.7. The molecule has 0 aliphatic heterocycles. The molecule has 1 amide bonds. The summed E-state index contributed by atoms with van der Waals surface area (Å²) in [6.07, 6.45) is 1.43. The highest BCUT2D eigenvalue weighted by Crippen LogP contribution is 2.21. The van der Waals surface area contributed by atoms with Crippen molar-refractivity contribution in [3.8, 4) is 11.4 Å². The van der Waals surface area contributed by atoms with Crippen molar-refractivity contribution in [2.24, 2.45) is 0 Å². The number of rotatable bonds is 6. The maximum atomic E-state index is 12.9. The summed E-state index contributed by atoms with van der Waals surface area (Å²) in [7, 11) is 0. The van der Waals surface area contributed by atoms with Crippen LogP contribution in [0, 0.1) is 12.7 Å². The van der Waals surface area contributed by atoms with Crippen LogP contribution in [0.2, 0.25) is 0 Å². The minimum atomic E-state index is -0.316. The fourth-order valence-electron chi connectivity index (χ4n) is 2.37. The zero-order valence-electron chi connectivity index (χ0n) is 14.1. The van der Waals surface area contributed by atoms with Crippen LogP contribution in [0.4, 0.5) is 10.1 Å². The highest BCUT2D eigenvalue weighted by molar-refractivity contribution is 9.10. The van der Waals surface area contributed by atoms with Crippen molar-refractivity contribution in [2.45, 2.75) is 26.2 Å². The summed E-state index contributed by atoms with van der Waals surface area (Å²) in [6.45, 7) is 1.99. The SMILES string of the molecule is Cc1ccc(NC(=O)CCCc2nc(-c3ccc(F)cc3)no2)cc1Br. The van der Waals surface area contributed by atoms with Gasteiger partial charge in [0.25, 0.3) is 0 Å². The average Bonchev–Trinajstić information content (AvgIpc) is 3.08. The molecule has 26 heavy (non-hydrogen) atoms. The summed E-state index contributed by atoms with van der Waals surface area (Å²) < 4.78 is 19.1. The first-order valence-electron chi connectivity index (χ1n) is 8.16. The van der Waals surface area contributed by atoms with Gasteiger partial charge in [0.15, 0.2) is 0 Å². The van der Waals surface area contributed by atoms with E-state index in [9.17, 15) is 9.18 Å². The molecule has 0 saturated heterocycles. The van der Waals surface area contributed by atoms with Crippen molar-refractivity contribution in [1.29, 1.82) is 0 Å². The molecule has 0 fully saturated rings. The quantitative estimate of drug-likeness (QED) is 0.618. The number of halogens is 2. The predicted molar refractivity (Wildman–Crippen MR) is 100 cm³/mol. The first kappa shape index (κ1) is 18.3. The second kappa shape index (κ2) is 8.23. The molecule has 134 valence electrons. The van der Waals surface area contributed by atoms with Gasteiger partial charge in [-0.25, -0.2) is 4.39 Å². The van der Waals surface area contributed by atoms with Crippen molar-refractivity contribution in [1.82, 2.24) is 10.1 Å². The third-order valence-electron chi connectivity index (χ3n) is 3.82. The van der Waals surface area contributed by atoms with Gasteiger partial charge in [0.1, 0.15) is 5.82 Å². The molecule has 0 saturated carbocycles. The lowest BCUT2D eigenvalue weighted by molar-refractivity contribution is -0.116. The van der Waals surface area contributed by atoms with Gasteiger partial charge < -0.3 is 9.84 Å². The summed E-state index contributed by atoms with van der Waals surface area (Å²) in [6, 6.07) is 11.6. The Morgan fingerprint density at radius 3 is 2.73 bits per heavy atom. The van der Waals surface area contributed by atoms with E-state index >= 15 is 0 Å². The van der Waals surface area contributed by atoms with Crippen LogP contribution in [-0.2, 0) is 11.2 Å². The fraction of sp³-hybridized carbons (Fsp3) is 0.211. The van der Waals surface area contributed by atoms with Crippen LogP contribution < -0.4 is 5.32 Å². The smallest absolute Gasteiger partial charge is 0.226 e. The number of amides is 1. The maximum Gasteiger partial charge on any atom is 0.226 e. The van der Waals surface area contributed by atoms with E-state index in [4.69, 9.17) is 4.52 Å². The molecule has 5 nitrogen and oxygen atoms in total. The molecule has 7 heteroatoms. The number of aryl methyl sites for hydroxylation is 2. The van der Waals surface area contributed by atoms with E-state index in [1.807, 2.05) is 25.1 Å². The highest BCUT2D eigenvalue weighted by Gasteiger charge is 2.10. The van der Waals surface area contributed by atoms with Gasteiger partial charge in [-0.2, -0.15) is 4.98 Å². The van der Waals surface area contributed by atoms with Gasteiger partial charge >= 0.3 is 0 Å². The van der Waals surface area contributed by atoms with Gasteiger partial charge in [-0.3, -0.25) is 4.79 Å². The van der Waals surface area contributed by atoms with E-state index in [1.165, 1.54) is 12.1 Å². The molecule has 1 aromatic heterocycles. The number of nitrogens with one attached hydrogen (secondary N) is 1. The molecule has 0 radical (unpaired) electrons. The zero-order chi connectivity index (χ0) is 18.5. The largest absolute Gasteiger partial charge is 0.339 e. The van der Waals surface area contributed by atoms with Crippen LogP contribution in [0.1, 0.15) is 24.3 Å². The van der Waals surface area contributed by atoms with Gasteiger partial charge in [-0.1, -0.05) is 27.2 Å². The van der Waals surface area contributed by atoms with Crippen molar-refractivity contribution in [3.63, 3.8) is 0 Å². The lowest BCUT2D eigenvalue weighted by Gasteiger charge is -2.06. The maximum absolute atomic E-state index is 12.9. The molecular weight excluding hydrogens is 401 g/mol. The predicted octanol–water partition coefficient (Wildman–Crippen LogP) is 4.91. The summed E-state index contributed by atoms with van der Waals surface area (Å²) in [4.78, 5) is 16.3. The number of nitrogens with zero attached hydrogens (tertiary/aromatic N) is 2. The third-order valence-corrected chi connectivity index (χ3v) is 4.67. The van der Waals surface area contributed by atoms with E-state index in [0.717, 1.165) is 15.7 Å². The van der Waals surface area contributed by atoms with Crippen LogP contribution in [0.25, 0.3) is 11.4 Å². The summed E-state index contributed by atoms with van der Waals surface area (Å²) in [5.41, 5.74) is 2.55. The van der Waals surface area contributed by atoms with Crippen molar-refractivity contribution in [2.75, 3.05) is 5.32 Å². The second-order valence-electron chi connectivity index (χ2n) is 5.88. The first-order chi connectivity index (χ1) is 12.5. The summed E-state index contributed by atoms with van der Waals surface area (Å²) in [5, 5.41) is 6.75. The Morgan fingerprint density at radius 2 is 2.00 bits per heavy atom. The Bertz CT molecular complexity index is 909. The van der Waals surface area contributed by atoms with Gasteiger partial charge in [0.2, 0.25) is 17.6 Å². The van der Waals surface area contributed by atoms with Crippen molar-refractivity contribution in [3.05, 3.63) is 64.2 Å². The van der Waals surface area contributed by atoms with Crippen LogP contribution in [0.3, 0.4) is 0 Å². The Labute approximate surface area is 158 Å². The summed E-state index contributed by atoms with van der Waals surface area (Å²) in [5.74, 6) is 0.479. The molecule has 2 aromatic carbocycles. The lowest BCUT2D eigenvalue weighted by atomic mass is 10.2. The Morgan fingerprint density at radius 1 is 1.23 bits per heavy atom. The van der Waals surface area contributed by atoms with Gasteiger partial charge in [-0.05, 0) is 55.3 Å². The average molecular weight is 418 g/mol. The topological polar surface area (TPSA) is 68.0 Å². The number of aromatic nitrogens is 2. The number of carbonyl (C=O) groups excluding carboxylic acids is 1. The fourth-order valence-corrected chi connectivity index (χ4v) is 2.75. The van der Waals surface area contributed by atoms with E-state index < -0.39 is 0 Å². The van der Waals surface area contributed by atoms with Crippen LogP contribution in [0.15, 0.2) is 51.5 Å². The molecule has 1 heterocycles. The second-order valence-corrected chi connectivity index (χ2v) is 6.74. The number of anilines is 1. The number of hydrogen-bond acceptors (Lipinski definition) is 4. The molecule has 0 aliphatic carbocycles. The van der Waals surface area contributed by atoms with E-state index in [0.29, 0.717) is 36.5 Å². The Kier molecular flexibility index (Phi) is 5.78. The van der Waals surface area contributed by atoms with Crippen LogP contribution >= 0.6 is 15.9 Å². The van der Waals surface area contributed by atoms with Crippen molar-refractivity contribution >= 4 is 27.5 Å². The monoisotopic (exact) mass is 417 g/mol. The minimum Gasteiger partial charge on any atom is -0.339 e. The lowest BCUT2D eigenvalue weighted by Crippen LogP contribution is -2.11. The molecule has 0 spiro atoms. The van der Waals surface area contributed by atoms with Crippen molar-refractivity contribution < 1.29 is 13.7 Å². The minimum absolute atomic E-state index is 0.0703. The molecule has 3 aromatic rings. The van der Waals surface area contributed by atoms with E-state index in [2.05, 4.69) is 31.4 Å². The van der Waals surface area contributed by atoms with Crippen LogP contribution in [0.5, 0.6) is 0 Å². The molecule has 0 bridgehead atoms. The van der Waals surface area contributed by atoms with E-state index in [-0.39, 0.29) is 11.7 Å². The van der Waals surface area contributed by atoms with Gasteiger partial charge in [0.05, 0.1) is 0 Å².